The fraction of sp³-hybridized carbons (Fsp3) is 0.355. The summed E-state index contributed by atoms with van der Waals surface area (Å²) in [5.74, 6) is 0.0678. The van der Waals surface area contributed by atoms with Gasteiger partial charge in [0.25, 0.3) is 5.91 Å². The van der Waals surface area contributed by atoms with Gasteiger partial charge in [0.15, 0.2) is 0 Å². The normalized spacial score (nSPS) is 11.8. The highest BCUT2D eigenvalue weighted by Crippen LogP contribution is 2.25. The van der Waals surface area contributed by atoms with Crippen molar-refractivity contribution in [3.63, 3.8) is 0 Å². The number of hydrogen-bond acceptors (Lipinski definition) is 3. The Kier molecular flexibility index (Phi) is 9.29. The molecule has 5 heteroatoms. The lowest BCUT2D eigenvalue weighted by Gasteiger charge is -2.23. The van der Waals surface area contributed by atoms with Crippen molar-refractivity contribution < 1.29 is 19.4 Å². The van der Waals surface area contributed by atoms with Gasteiger partial charge in [0.05, 0.1) is 6.04 Å². The van der Waals surface area contributed by atoms with Crippen LogP contribution in [0.1, 0.15) is 76.5 Å². The van der Waals surface area contributed by atoms with E-state index in [1.54, 1.807) is 0 Å². The number of aliphatic carboxylic acids is 1. The highest BCUT2D eigenvalue weighted by atomic mass is 16.5. The number of amides is 1. The first kappa shape index (κ1) is 27.0. The van der Waals surface area contributed by atoms with Crippen LogP contribution in [0.3, 0.4) is 0 Å². The molecule has 0 bridgehead atoms. The third kappa shape index (κ3) is 7.98. The van der Waals surface area contributed by atoms with Gasteiger partial charge in [-0.15, -0.1) is 0 Å². The number of nitrogens with one attached hydrogen (secondary N) is 1. The van der Waals surface area contributed by atoms with Crippen molar-refractivity contribution in [2.75, 3.05) is 0 Å². The monoisotopic (exact) mass is 487 g/mol. The maximum atomic E-state index is 13.6. The van der Waals surface area contributed by atoms with Gasteiger partial charge < -0.3 is 15.2 Å². The Labute approximate surface area is 214 Å². The summed E-state index contributed by atoms with van der Waals surface area (Å²) >= 11 is 0. The average Bonchev–Trinajstić information content (AvgIpc) is 2.80. The van der Waals surface area contributed by atoms with Crippen LogP contribution < -0.4 is 10.1 Å². The molecule has 0 aliphatic rings. The molecule has 0 aliphatic carbocycles. The SMILES string of the molecule is Cc1cccc(OCc2ccc(CCC(=O)O)c(C(=O)N[C@H](CC(C)C)c3cc(C)cc(C)c3)c2)c1. The summed E-state index contributed by atoms with van der Waals surface area (Å²) < 4.78 is 5.95. The smallest absolute Gasteiger partial charge is 0.303 e. The first-order valence-electron chi connectivity index (χ1n) is 12.5. The summed E-state index contributed by atoms with van der Waals surface area (Å²) in [7, 11) is 0. The fourth-order valence-electron chi connectivity index (χ4n) is 4.45. The van der Waals surface area contributed by atoms with Crippen molar-refractivity contribution in [3.05, 3.63) is 99.6 Å². The minimum atomic E-state index is -0.888. The first-order chi connectivity index (χ1) is 17.1. The van der Waals surface area contributed by atoms with Crippen molar-refractivity contribution in [1.29, 1.82) is 0 Å². The molecule has 3 aromatic carbocycles. The van der Waals surface area contributed by atoms with Crippen molar-refractivity contribution >= 4 is 11.9 Å². The second-order valence-electron chi connectivity index (χ2n) is 10.1. The zero-order valence-corrected chi connectivity index (χ0v) is 21.9. The van der Waals surface area contributed by atoms with Crippen molar-refractivity contribution in [2.45, 2.75) is 66.5 Å². The predicted octanol–water partition coefficient (Wildman–Crippen LogP) is 6.73. The third-order valence-electron chi connectivity index (χ3n) is 6.08. The van der Waals surface area contributed by atoms with Crippen LogP contribution >= 0.6 is 0 Å². The van der Waals surface area contributed by atoms with Crippen LogP contribution in [-0.4, -0.2) is 17.0 Å². The molecule has 5 nitrogen and oxygen atoms in total. The van der Waals surface area contributed by atoms with Crippen LogP contribution in [0.4, 0.5) is 0 Å². The summed E-state index contributed by atoms with van der Waals surface area (Å²) in [4.78, 5) is 24.9. The molecule has 0 saturated carbocycles. The van der Waals surface area contributed by atoms with E-state index in [1.807, 2.05) is 49.4 Å². The van der Waals surface area contributed by atoms with Gasteiger partial charge in [-0.1, -0.05) is 67.4 Å². The molecular formula is C31H37NO4. The van der Waals surface area contributed by atoms with Gasteiger partial charge >= 0.3 is 5.97 Å². The number of carboxylic acid groups (broad SMARTS) is 1. The fourth-order valence-corrected chi connectivity index (χ4v) is 4.45. The minimum absolute atomic E-state index is 0.0358. The molecule has 3 rings (SSSR count). The van der Waals surface area contributed by atoms with Gasteiger partial charge in [-0.2, -0.15) is 0 Å². The average molecular weight is 488 g/mol. The number of carbonyl (C=O) groups is 2. The lowest BCUT2D eigenvalue weighted by molar-refractivity contribution is -0.136. The number of carboxylic acids is 1. The zero-order valence-electron chi connectivity index (χ0n) is 21.9. The maximum Gasteiger partial charge on any atom is 0.303 e. The van der Waals surface area contributed by atoms with Gasteiger partial charge in [0, 0.05) is 12.0 Å². The Morgan fingerprint density at radius 3 is 2.28 bits per heavy atom. The van der Waals surface area contributed by atoms with Crippen LogP contribution in [-0.2, 0) is 17.8 Å². The molecular weight excluding hydrogens is 450 g/mol. The van der Waals surface area contributed by atoms with E-state index in [9.17, 15) is 14.7 Å². The molecule has 1 atom stereocenters. The quantitative estimate of drug-likeness (QED) is 0.315. The maximum absolute atomic E-state index is 13.6. The van der Waals surface area contributed by atoms with Crippen LogP contribution in [0.25, 0.3) is 0 Å². The van der Waals surface area contributed by atoms with Crippen molar-refractivity contribution in [2.24, 2.45) is 5.92 Å². The Bertz CT molecular complexity index is 1190. The van der Waals surface area contributed by atoms with Crippen LogP contribution in [0.15, 0.2) is 60.7 Å². The summed E-state index contributed by atoms with van der Waals surface area (Å²) in [6.45, 7) is 10.7. The molecule has 0 unspecified atom stereocenters. The molecule has 0 fully saturated rings. The molecule has 0 aromatic heterocycles. The van der Waals surface area contributed by atoms with Crippen molar-refractivity contribution in [1.82, 2.24) is 5.32 Å². The van der Waals surface area contributed by atoms with E-state index in [2.05, 4.69) is 51.2 Å². The van der Waals surface area contributed by atoms with Crippen LogP contribution in [0.2, 0.25) is 0 Å². The number of aryl methyl sites for hydroxylation is 4. The second kappa shape index (κ2) is 12.4. The molecule has 0 heterocycles. The lowest BCUT2D eigenvalue weighted by Crippen LogP contribution is -2.30. The molecule has 0 radical (unpaired) electrons. The van der Waals surface area contributed by atoms with Gasteiger partial charge in [-0.05, 0) is 80.0 Å². The summed E-state index contributed by atoms with van der Waals surface area (Å²) in [5.41, 5.74) is 6.58. The van der Waals surface area contributed by atoms with Crippen molar-refractivity contribution in [3.8, 4) is 5.75 Å². The summed E-state index contributed by atoms with van der Waals surface area (Å²) in [6.07, 6.45) is 1.05. The number of benzene rings is 3. The molecule has 1 amide bonds. The number of hydrogen-bond donors (Lipinski definition) is 2. The Hall–Kier alpha value is -3.60. The Morgan fingerprint density at radius 1 is 0.917 bits per heavy atom. The highest BCUT2D eigenvalue weighted by Gasteiger charge is 2.20. The van der Waals surface area contributed by atoms with Gasteiger partial charge in [-0.25, -0.2) is 0 Å². The zero-order chi connectivity index (χ0) is 26.2. The minimum Gasteiger partial charge on any atom is -0.489 e. The topological polar surface area (TPSA) is 75.6 Å². The Balaban J connectivity index is 1.88. The number of carbonyl (C=O) groups excluding carboxylic acids is 1. The first-order valence-corrected chi connectivity index (χ1v) is 12.5. The molecule has 2 N–H and O–H groups in total. The van der Waals surface area contributed by atoms with E-state index in [-0.39, 0.29) is 24.8 Å². The number of rotatable bonds is 11. The van der Waals surface area contributed by atoms with E-state index in [1.165, 1.54) is 0 Å². The molecule has 0 aliphatic heterocycles. The third-order valence-corrected chi connectivity index (χ3v) is 6.08. The van der Waals surface area contributed by atoms with Gasteiger partial charge in [-0.3, -0.25) is 9.59 Å². The largest absolute Gasteiger partial charge is 0.489 e. The molecule has 3 aromatic rings. The van der Waals surface area contributed by atoms with Gasteiger partial charge in [0.2, 0.25) is 0 Å². The molecule has 36 heavy (non-hydrogen) atoms. The molecule has 0 saturated heterocycles. The lowest BCUT2D eigenvalue weighted by atomic mass is 9.93. The molecule has 190 valence electrons. The van der Waals surface area contributed by atoms with E-state index in [0.29, 0.717) is 18.1 Å². The van der Waals surface area contributed by atoms with E-state index < -0.39 is 5.97 Å². The second-order valence-corrected chi connectivity index (χ2v) is 10.1. The van der Waals surface area contributed by atoms with Crippen LogP contribution in [0.5, 0.6) is 5.75 Å². The van der Waals surface area contributed by atoms with E-state index in [0.717, 1.165) is 45.6 Å². The number of ether oxygens (including phenoxy) is 1. The van der Waals surface area contributed by atoms with E-state index >= 15 is 0 Å². The van der Waals surface area contributed by atoms with Crippen LogP contribution in [0, 0.1) is 26.7 Å². The Morgan fingerprint density at radius 2 is 1.64 bits per heavy atom. The standard InChI is InChI=1S/C31H37NO4/c1-20(2)13-29(26-15-22(4)14-23(5)16-26)32-31(35)28-18-24(9-10-25(28)11-12-30(33)34)19-36-27-8-6-7-21(3)17-27/h6-10,14-18,20,29H,11-13,19H2,1-5H3,(H,32,35)(H,33,34)/t29-/m1/s1. The predicted molar refractivity (Wildman–Crippen MR) is 143 cm³/mol. The summed E-state index contributed by atoms with van der Waals surface area (Å²) in [5, 5.41) is 12.5. The van der Waals surface area contributed by atoms with Gasteiger partial charge in [0.1, 0.15) is 12.4 Å². The summed E-state index contributed by atoms with van der Waals surface area (Å²) in [6, 6.07) is 19.6. The molecule has 0 spiro atoms. The van der Waals surface area contributed by atoms with E-state index in [4.69, 9.17) is 4.74 Å². The highest BCUT2D eigenvalue weighted by molar-refractivity contribution is 5.96.